The van der Waals surface area contributed by atoms with E-state index in [1.807, 2.05) is 49.4 Å². The van der Waals surface area contributed by atoms with E-state index >= 15 is 0 Å². The summed E-state index contributed by atoms with van der Waals surface area (Å²) in [4.78, 5) is 26.5. The van der Waals surface area contributed by atoms with Gasteiger partial charge in [0.15, 0.2) is 0 Å². The summed E-state index contributed by atoms with van der Waals surface area (Å²) < 4.78 is 0. The van der Waals surface area contributed by atoms with E-state index in [1.165, 1.54) is 0 Å². The van der Waals surface area contributed by atoms with Crippen molar-refractivity contribution in [2.45, 2.75) is 13.5 Å². The van der Waals surface area contributed by atoms with Crippen LogP contribution >= 0.6 is 11.6 Å². The third-order valence-electron chi connectivity index (χ3n) is 6.64. The molecule has 4 aromatic rings. The Morgan fingerprint density at radius 3 is 2.65 bits per heavy atom. The molecule has 186 valence electrons. The predicted octanol–water partition coefficient (Wildman–Crippen LogP) is 4.99. The molecule has 2 aromatic heterocycles. The van der Waals surface area contributed by atoms with E-state index in [1.54, 1.807) is 24.7 Å². The lowest BCUT2D eigenvalue weighted by atomic mass is 10.0. The molecule has 0 bridgehead atoms. The molecule has 1 aliphatic heterocycles. The topological polar surface area (TPSA) is 61.4 Å². The van der Waals surface area contributed by atoms with E-state index < -0.39 is 0 Å². The zero-order valence-electron chi connectivity index (χ0n) is 21.0. The maximum absolute atomic E-state index is 13.0. The lowest BCUT2D eigenvalue weighted by Crippen LogP contribution is -2.43. The second-order valence-electron chi connectivity index (χ2n) is 9.38. The Balaban J connectivity index is 1.30. The first-order valence-corrected chi connectivity index (χ1v) is 12.7. The number of aryl methyl sites for hydroxylation is 1. The Morgan fingerprint density at radius 2 is 1.84 bits per heavy atom. The van der Waals surface area contributed by atoms with Crippen LogP contribution in [0.25, 0.3) is 10.9 Å². The minimum Gasteiger partial charge on any atom is -0.322 e. The van der Waals surface area contributed by atoms with Crippen LogP contribution in [0.3, 0.4) is 0 Å². The summed E-state index contributed by atoms with van der Waals surface area (Å²) in [6, 6.07) is 15.1. The molecule has 0 atom stereocenters. The molecule has 0 radical (unpaired) electrons. The second kappa shape index (κ2) is 11.1. The summed E-state index contributed by atoms with van der Waals surface area (Å²) in [5.41, 5.74) is 5.58. The van der Waals surface area contributed by atoms with E-state index in [4.69, 9.17) is 11.6 Å². The third kappa shape index (κ3) is 5.98. The predicted molar refractivity (Wildman–Crippen MR) is 149 cm³/mol. The SMILES string of the molecule is Cc1ccc(C(=O)Nc2ccc(CN3CCN(C)CC3)c(Cl)c2)cc1C#Cc1cncc2cccnc12. The summed E-state index contributed by atoms with van der Waals surface area (Å²) in [7, 11) is 2.14. The van der Waals surface area contributed by atoms with Gasteiger partial charge >= 0.3 is 0 Å². The molecule has 1 saturated heterocycles. The number of halogens is 1. The molecule has 0 aliphatic carbocycles. The van der Waals surface area contributed by atoms with Gasteiger partial charge in [-0.1, -0.05) is 35.6 Å². The number of benzene rings is 2. The number of carbonyl (C=O) groups excluding carboxylic acids is 1. The van der Waals surface area contributed by atoms with Crippen molar-refractivity contribution in [3.63, 3.8) is 0 Å². The number of aromatic nitrogens is 2. The van der Waals surface area contributed by atoms with Gasteiger partial charge in [0.1, 0.15) is 0 Å². The molecule has 0 spiro atoms. The normalized spacial score (nSPS) is 14.2. The fourth-order valence-corrected chi connectivity index (χ4v) is 4.57. The van der Waals surface area contributed by atoms with Crippen molar-refractivity contribution in [3.05, 3.63) is 100.0 Å². The average molecular weight is 510 g/mol. The molecule has 3 heterocycles. The number of piperazine rings is 1. The number of carbonyl (C=O) groups is 1. The van der Waals surface area contributed by atoms with Crippen LogP contribution in [0.5, 0.6) is 0 Å². The monoisotopic (exact) mass is 509 g/mol. The van der Waals surface area contributed by atoms with Crippen LogP contribution in [0.1, 0.15) is 32.6 Å². The van der Waals surface area contributed by atoms with Gasteiger partial charge in [0.05, 0.1) is 11.1 Å². The zero-order chi connectivity index (χ0) is 25.8. The number of nitrogens with one attached hydrogen (secondary N) is 1. The van der Waals surface area contributed by atoms with Crippen LogP contribution in [-0.2, 0) is 6.54 Å². The molecule has 37 heavy (non-hydrogen) atoms. The highest BCUT2D eigenvalue weighted by Crippen LogP contribution is 2.24. The van der Waals surface area contributed by atoms with Crippen LogP contribution in [0.15, 0.2) is 67.1 Å². The number of likely N-dealkylation sites (N-methyl/N-ethyl adjacent to an activating group) is 1. The van der Waals surface area contributed by atoms with Crippen LogP contribution in [0, 0.1) is 18.8 Å². The molecule has 7 heteroatoms. The number of amides is 1. The van der Waals surface area contributed by atoms with Crippen molar-refractivity contribution in [2.24, 2.45) is 0 Å². The van der Waals surface area contributed by atoms with Crippen molar-refractivity contribution in [1.82, 2.24) is 19.8 Å². The number of pyridine rings is 2. The Morgan fingerprint density at radius 1 is 1.03 bits per heavy atom. The van der Waals surface area contributed by atoms with E-state index in [-0.39, 0.29) is 5.91 Å². The van der Waals surface area contributed by atoms with Gasteiger partial charge in [-0.3, -0.25) is 19.7 Å². The molecule has 6 nitrogen and oxygen atoms in total. The fourth-order valence-electron chi connectivity index (χ4n) is 4.33. The summed E-state index contributed by atoms with van der Waals surface area (Å²) in [5.74, 6) is 6.17. The van der Waals surface area contributed by atoms with E-state index in [9.17, 15) is 4.79 Å². The highest BCUT2D eigenvalue weighted by Gasteiger charge is 2.16. The fraction of sp³-hybridized carbons (Fsp3) is 0.233. The van der Waals surface area contributed by atoms with Crippen molar-refractivity contribution in [1.29, 1.82) is 0 Å². The lowest BCUT2D eigenvalue weighted by Gasteiger charge is -2.32. The maximum atomic E-state index is 13.0. The number of anilines is 1. The highest BCUT2D eigenvalue weighted by molar-refractivity contribution is 6.31. The number of hydrogen-bond donors (Lipinski definition) is 1. The van der Waals surface area contributed by atoms with Crippen LogP contribution < -0.4 is 5.32 Å². The van der Waals surface area contributed by atoms with Crippen LogP contribution in [0.4, 0.5) is 5.69 Å². The first-order valence-electron chi connectivity index (χ1n) is 12.3. The molecule has 1 fully saturated rings. The Labute approximate surface area is 222 Å². The quantitative estimate of drug-likeness (QED) is 0.393. The van der Waals surface area contributed by atoms with Gasteiger partial charge in [-0.25, -0.2) is 0 Å². The Bertz CT molecular complexity index is 1510. The molecule has 1 amide bonds. The molecule has 5 rings (SSSR count). The van der Waals surface area contributed by atoms with Crippen LogP contribution in [-0.4, -0.2) is 58.9 Å². The van der Waals surface area contributed by atoms with Gasteiger partial charge in [-0.2, -0.15) is 0 Å². The summed E-state index contributed by atoms with van der Waals surface area (Å²) >= 11 is 6.58. The first kappa shape index (κ1) is 24.9. The maximum Gasteiger partial charge on any atom is 0.255 e. The van der Waals surface area contributed by atoms with Gasteiger partial charge in [-0.05, 0) is 61.5 Å². The molecule has 2 aromatic carbocycles. The summed E-state index contributed by atoms with van der Waals surface area (Å²) in [6.45, 7) is 6.95. The Hall–Kier alpha value is -3.76. The summed E-state index contributed by atoms with van der Waals surface area (Å²) in [5, 5.41) is 4.56. The number of fused-ring (bicyclic) bond motifs is 1. The minimum atomic E-state index is -0.209. The number of hydrogen-bond acceptors (Lipinski definition) is 5. The highest BCUT2D eigenvalue weighted by atomic mass is 35.5. The third-order valence-corrected chi connectivity index (χ3v) is 7.00. The molecular formula is C30H28ClN5O. The van der Waals surface area contributed by atoms with Crippen molar-refractivity contribution >= 4 is 34.1 Å². The van der Waals surface area contributed by atoms with Gasteiger partial charge in [-0.15, -0.1) is 0 Å². The van der Waals surface area contributed by atoms with Gasteiger partial charge in [0.25, 0.3) is 5.91 Å². The van der Waals surface area contributed by atoms with Gasteiger partial charge < -0.3 is 10.2 Å². The number of rotatable bonds is 4. The second-order valence-corrected chi connectivity index (χ2v) is 9.79. The largest absolute Gasteiger partial charge is 0.322 e. The Kier molecular flexibility index (Phi) is 7.47. The molecule has 0 unspecified atom stereocenters. The molecule has 1 aliphatic rings. The minimum absolute atomic E-state index is 0.209. The summed E-state index contributed by atoms with van der Waals surface area (Å²) in [6.07, 6.45) is 5.23. The molecule has 0 saturated carbocycles. The average Bonchev–Trinajstić information content (AvgIpc) is 2.91. The van der Waals surface area contributed by atoms with E-state index in [0.717, 1.165) is 65.9 Å². The smallest absolute Gasteiger partial charge is 0.255 e. The standard InChI is InChI=1S/C30H28ClN5O/c1-21-5-6-23(16-22(21)7-8-25-19-32-18-24-4-3-11-33-29(24)25)30(37)34-27-10-9-26(28(31)17-27)20-36-14-12-35(2)13-15-36/h3-6,9-11,16-19H,12-15,20H2,1-2H3,(H,34,37). The first-order chi connectivity index (χ1) is 18.0. The van der Waals surface area contributed by atoms with Crippen molar-refractivity contribution in [3.8, 4) is 11.8 Å². The van der Waals surface area contributed by atoms with Crippen LogP contribution in [0.2, 0.25) is 5.02 Å². The van der Waals surface area contributed by atoms with E-state index in [2.05, 4.69) is 44.0 Å². The van der Waals surface area contributed by atoms with Gasteiger partial charge in [0, 0.05) is 78.5 Å². The zero-order valence-corrected chi connectivity index (χ0v) is 21.7. The molecule has 1 N–H and O–H groups in total. The van der Waals surface area contributed by atoms with Crippen molar-refractivity contribution < 1.29 is 4.79 Å². The van der Waals surface area contributed by atoms with Gasteiger partial charge in [0.2, 0.25) is 0 Å². The van der Waals surface area contributed by atoms with Crippen molar-refractivity contribution in [2.75, 3.05) is 38.5 Å². The molecular weight excluding hydrogens is 482 g/mol. The lowest BCUT2D eigenvalue weighted by molar-refractivity contribution is 0.102. The van der Waals surface area contributed by atoms with E-state index in [0.29, 0.717) is 16.3 Å². The number of nitrogens with zero attached hydrogens (tertiary/aromatic N) is 4.